The van der Waals surface area contributed by atoms with E-state index < -0.39 is 5.97 Å². The molecule has 6 heteroatoms. The van der Waals surface area contributed by atoms with Crippen LogP contribution in [-0.4, -0.2) is 34.8 Å². The Balaban J connectivity index is 0.00000176. The van der Waals surface area contributed by atoms with Crippen molar-refractivity contribution in [2.45, 2.75) is 25.7 Å². The molecule has 110 valence electrons. The maximum Gasteiger partial charge on any atom is 1.00 e. The number of aromatic nitrogens is 1. The minimum absolute atomic E-state index is 0. The fourth-order valence-corrected chi connectivity index (χ4v) is 2.77. The van der Waals surface area contributed by atoms with Crippen LogP contribution in [0.3, 0.4) is 0 Å². The van der Waals surface area contributed by atoms with Crippen LogP contribution in [0.25, 0.3) is 5.57 Å². The van der Waals surface area contributed by atoms with E-state index in [0.29, 0.717) is 13.1 Å². The van der Waals surface area contributed by atoms with Crippen molar-refractivity contribution in [1.29, 1.82) is 0 Å². The SMILES string of the molecule is O=C([O-])c1cncc(C2=CCN(C(=O)C3CCC3)CC2)c1.[Na+]. The fourth-order valence-electron chi connectivity index (χ4n) is 2.77. The number of carboxylic acids is 1. The molecule has 0 spiro atoms. The largest absolute Gasteiger partial charge is 1.00 e. The second kappa shape index (κ2) is 7.40. The molecule has 0 unspecified atom stereocenters. The Morgan fingerprint density at radius 1 is 1.27 bits per heavy atom. The molecule has 0 radical (unpaired) electrons. The predicted octanol–water partition coefficient (Wildman–Crippen LogP) is -2.14. The molecular weight excluding hydrogens is 291 g/mol. The molecule has 0 N–H and O–H groups in total. The van der Waals surface area contributed by atoms with E-state index in [-0.39, 0.29) is 46.9 Å². The zero-order valence-electron chi connectivity index (χ0n) is 12.7. The number of carbonyl (C=O) groups is 2. The van der Waals surface area contributed by atoms with Crippen molar-refractivity contribution in [2.75, 3.05) is 13.1 Å². The molecule has 2 aliphatic rings. The molecule has 0 atom stereocenters. The first-order valence-corrected chi connectivity index (χ1v) is 7.30. The van der Waals surface area contributed by atoms with Crippen molar-refractivity contribution in [3.63, 3.8) is 0 Å². The average molecular weight is 308 g/mol. The van der Waals surface area contributed by atoms with E-state index in [1.54, 1.807) is 12.3 Å². The van der Waals surface area contributed by atoms with Crippen molar-refractivity contribution in [1.82, 2.24) is 9.88 Å². The Bertz CT molecular complexity index is 611. The maximum absolute atomic E-state index is 12.2. The standard InChI is InChI=1S/C16H18N2O3.Na/c19-15(12-2-1-3-12)18-6-4-11(5-7-18)13-8-14(16(20)21)10-17-9-13;/h4,8-10,12H,1-3,5-7H2,(H,20,21);/q;+1/p-1. The van der Waals surface area contributed by atoms with Gasteiger partial charge < -0.3 is 14.8 Å². The summed E-state index contributed by atoms with van der Waals surface area (Å²) in [5, 5.41) is 10.9. The number of nitrogens with zero attached hydrogens (tertiary/aromatic N) is 2. The first-order chi connectivity index (χ1) is 10.1. The van der Waals surface area contributed by atoms with Crippen LogP contribution in [0.4, 0.5) is 0 Å². The summed E-state index contributed by atoms with van der Waals surface area (Å²) >= 11 is 0. The number of hydrogen-bond acceptors (Lipinski definition) is 4. The normalized spacial score (nSPS) is 18.0. The topological polar surface area (TPSA) is 73.3 Å². The van der Waals surface area contributed by atoms with Crippen molar-refractivity contribution in [3.05, 3.63) is 35.7 Å². The van der Waals surface area contributed by atoms with Crippen molar-refractivity contribution >= 4 is 17.4 Å². The number of pyridine rings is 1. The molecule has 1 aliphatic carbocycles. The van der Waals surface area contributed by atoms with E-state index >= 15 is 0 Å². The van der Waals surface area contributed by atoms with Gasteiger partial charge in [-0.1, -0.05) is 12.5 Å². The molecule has 2 heterocycles. The van der Waals surface area contributed by atoms with E-state index in [9.17, 15) is 14.7 Å². The number of hydrogen-bond donors (Lipinski definition) is 0. The monoisotopic (exact) mass is 308 g/mol. The fraction of sp³-hybridized carbons (Fsp3) is 0.438. The third-order valence-electron chi connectivity index (χ3n) is 4.32. The van der Waals surface area contributed by atoms with Crippen LogP contribution < -0.4 is 34.7 Å². The van der Waals surface area contributed by atoms with Crippen LogP contribution in [0.2, 0.25) is 0 Å². The Labute approximate surface area is 151 Å². The van der Waals surface area contributed by atoms with Gasteiger partial charge in [-0.2, -0.15) is 0 Å². The second-order valence-corrected chi connectivity index (χ2v) is 5.64. The molecule has 5 nitrogen and oxygen atoms in total. The Morgan fingerprint density at radius 2 is 2.05 bits per heavy atom. The van der Waals surface area contributed by atoms with Crippen LogP contribution in [0, 0.1) is 5.92 Å². The summed E-state index contributed by atoms with van der Waals surface area (Å²) in [6.07, 6.45) is 8.86. The van der Waals surface area contributed by atoms with Crippen molar-refractivity contribution in [2.24, 2.45) is 5.92 Å². The van der Waals surface area contributed by atoms with Gasteiger partial charge in [-0.15, -0.1) is 0 Å². The minimum atomic E-state index is -1.22. The molecule has 22 heavy (non-hydrogen) atoms. The summed E-state index contributed by atoms with van der Waals surface area (Å²) in [7, 11) is 0. The average Bonchev–Trinajstić information content (AvgIpc) is 2.46. The molecule has 1 aromatic heterocycles. The van der Waals surface area contributed by atoms with Gasteiger partial charge >= 0.3 is 29.6 Å². The Hall–Kier alpha value is -1.17. The smallest absolute Gasteiger partial charge is 0.545 e. The van der Waals surface area contributed by atoms with E-state index in [1.807, 2.05) is 11.0 Å². The molecule has 1 saturated carbocycles. The van der Waals surface area contributed by atoms with E-state index in [0.717, 1.165) is 36.8 Å². The van der Waals surface area contributed by atoms with Crippen LogP contribution >= 0.6 is 0 Å². The molecule has 1 aromatic rings. The zero-order chi connectivity index (χ0) is 14.8. The third-order valence-corrected chi connectivity index (χ3v) is 4.32. The minimum Gasteiger partial charge on any atom is -0.545 e. The summed E-state index contributed by atoms with van der Waals surface area (Å²) in [4.78, 5) is 28.9. The van der Waals surface area contributed by atoms with Gasteiger partial charge in [-0.25, -0.2) is 0 Å². The molecule has 1 amide bonds. The van der Waals surface area contributed by atoms with Gasteiger partial charge in [0.15, 0.2) is 0 Å². The van der Waals surface area contributed by atoms with Gasteiger partial charge in [0.1, 0.15) is 0 Å². The maximum atomic E-state index is 12.2. The number of aromatic carboxylic acids is 1. The van der Waals surface area contributed by atoms with Gasteiger partial charge in [-0.05, 0) is 36.5 Å². The van der Waals surface area contributed by atoms with E-state index in [2.05, 4.69) is 4.98 Å². The van der Waals surface area contributed by atoms with Crippen LogP contribution in [-0.2, 0) is 4.79 Å². The van der Waals surface area contributed by atoms with Crippen molar-refractivity contribution in [3.8, 4) is 0 Å². The molecule has 3 rings (SSSR count). The molecule has 0 saturated heterocycles. The summed E-state index contributed by atoms with van der Waals surface area (Å²) in [6, 6.07) is 1.58. The molecule has 1 fully saturated rings. The second-order valence-electron chi connectivity index (χ2n) is 5.64. The molecule has 0 bridgehead atoms. The van der Waals surface area contributed by atoms with Crippen LogP contribution in [0.1, 0.15) is 41.6 Å². The van der Waals surface area contributed by atoms with E-state index in [1.165, 1.54) is 6.20 Å². The van der Waals surface area contributed by atoms with Crippen molar-refractivity contribution < 1.29 is 44.3 Å². The molecule has 0 aromatic carbocycles. The third kappa shape index (κ3) is 3.59. The first kappa shape index (κ1) is 17.2. The first-order valence-electron chi connectivity index (χ1n) is 7.30. The number of amides is 1. The Kier molecular flexibility index (Phi) is 5.78. The van der Waals surface area contributed by atoms with Gasteiger partial charge in [0, 0.05) is 37.0 Å². The van der Waals surface area contributed by atoms with E-state index in [4.69, 9.17) is 0 Å². The number of rotatable bonds is 3. The summed E-state index contributed by atoms with van der Waals surface area (Å²) < 4.78 is 0. The van der Waals surface area contributed by atoms with Gasteiger partial charge in [-0.3, -0.25) is 9.78 Å². The quantitative estimate of drug-likeness (QED) is 0.598. The summed E-state index contributed by atoms with van der Waals surface area (Å²) in [5.41, 5.74) is 1.93. The zero-order valence-corrected chi connectivity index (χ0v) is 14.7. The predicted molar refractivity (Wildman–Crippen MR) is 75.1 cm³/mol. The number of carboxylic acid groups (broad SMARTS) is 1. The van der Waals surface area contributed by atoms with Crippen LogP contribution in [0.5, 0.6) is 0 Å². The van der Waals surface area contributed by atoms with Gasteiger partial charge in [0.25, 0.3) is 0 Å². The summed E-state index contributed by atoms with van der Waals surface area (Å²) in [6.45, 7) is 1.29. The summed E-state index contributed by atoms with van der Waals surface area (Å²) in [5.74, 6) is -0.733. The van der Waals surface area contributed by atoms with Crippen LogP contribution in [0.15, 0.2) is 24.5 Å². The molecular formula is C16H17N2NaO3. The van der Waals surface area contributed by atoms with Gasteiger partial charge in [0.2, 0.25) is 5.91 Å². The van der Waals surface area contributed by atoms with Gasteiger partial charge in [0.05, 0.1) is 5.97 Å². The Morgan fingerprint density at radius 3 is 2.59 bits per heavy atom. The molecule has 1 aliphatic heterocycles. The number of carbonyl (C=O) groups excluding carboxylic acids is 2.